The van der Waals surface area contributed by atoms with Gasteiger partial charge in [-0.25, -0.2) is 0 Å². The summed E-state index contributed by atoms with van der Waals surface area (Å²) in [7, 11) is 1.55. The summed E-state index contributed by atoms with van der Waals surface area (Å²) in [6.45, 7) is 0.137. The highest BCUT2D eigenvalue weighted by molar-refractivity contribution is 6.08. The lowest BCUT2D eigenvalue weighted by Crippen LogP contribution is -2.50. The van der Waals surface area contributed by atoms with Crippen LogP contribution < -0.4 is 19.7 Å². The molecule has 0 aromatic heterocycles. The minimum Gasteiger partial charge on any atom is -0.477 e. The number of hydrogen-bond acceptors (Lipinski definition) is 4. The number of para-hydroxylation sites is 3. The number of benzene rings is 3. The third kappa shape index (κ3) is 3.91. The van der Waals surface area contributed by atoms with Crippen molar-refractivity contribution in [2.24, 2.45) is 0 Å². The van der Waals surface area contributed by atoms with Gasteiger partial charge in [0.05, 0.1) is 12.2 Å². The molecule has 6 heteroatoms. The first-order valence-corrected chi connectivity index (χ1v) is 9.28. The van der Waals surface area contributed by atoms with Crippen LogP contribution in [-0.4, -0.2) is 31.5 Å². The van der Waals surface area contributed by atoms with E-state index < -0.39 is 6.10 Å². The number of ether oxygens (including phenoxy) is 2. The van der Waals surface area contributed by atoms with Crippen molar-refractivity contribution in [3.8, 4) is 17.2 Å². The highest BCUT2D eigenvalue weighted by Gasteiger charge is 2.33. The molecule has 3 aromatic rings. The van der Waals surface area contributed by atoms with Crippen molar-refractivity contribution in [3.05, 3.63) is 84.4 Å². The summed E-state index contributed by atoms with van der Waals surface area (Å²) in [6.07, 6.45) is -0.764. The smallest absolute Gasteiger partial charge is 0.262 e. The van der Waals surface area contributed by atoms with E-state index in [1.54, 1.807) is 48.3 Å². The molecule has 3 aromatic carbocycles. The summed E-state index contributed by atoms with van der Waals surface area (Å²) < 4.78 is 11.5. The van der Waals surface area contributed by atoms with Crippen molar-refractivity contribution in [2.45, 2.75) is 6.10 Å². The molecule has 4 rings (SSSR count). The molecule has 1 atom stereocenters. The highest BCUT2D eigenvalue weighted by atomic mass is 16.5. The summed E-state index contributed by atoms with van der Waals surface area (Å²) in [5.41, 5.74) is 1.14. The number of nitrogens with zero attached hydrogens (tertiary/aromatic N) is 1. The Morgan fingerprint density at radius 2 is 1.59 bits per heavy atom. The van der Waals surface area contributed by atoms with Crippen LogP contribution in [0.4, 0.5) is 5.69 Å². The molecule has 1 aliphatic heterocycles. The molecule has 0 spiro atoms. The largest absolute Gasteiger partial charge is 0.477 e. The van der Waals surface area contributed by atoms with Crippen LogP contribution >= 0.6 is 0 Å². The Hall–Kier alpha value is -3.80. The SMILES string of the molecule is CNC(=O)[C@H]1CN(C(=O)c2ccc(Oc3ccccc3)cc2)c2ccccc2O1. The zero-order valence-electron chi connectivity index (χ0n) is 15.9. The number of hydrogen-bond donors (Lipinski definition) is 1. The summed E-state index contributed by atoms with van der Waals surface area (Å²) >= 11 is 0. The quantitative estimate of drug-likeness (QED) is 0.741. The first kappa shape index (κ1) is 18.6. The van der Waals surface area contributed by atoms with Crippen LogP contribution in [-0.2, 0) is 4.79 Å². The fourth-order valence-corrected chi connectivity index (χ4v) is 3.17. The van der Waals surface area contributed by atoms with Crippen molar-refractivity contribution < 1.29 is 19.1 Å². The topological polar surface area (TPSA) is 67.9 Å². The van der Waals surface area contributed by atoms with Crippen LogP contribution in [0.5, 0.6) is 17.2 Å². The zero-order valence-corrected chi connectivity index (χ0v) is 15.9. The maximum atomic E-state index is 13.2. The van der Waals surface area contributed by atoms with E-state index in [2.05, 4.69) is 5.32 Å². The number of likely N-dealkylation sites (N-methyl/N-ethyl adjacent to an activating group) is 1. The van der Waals surface area contributed by atoms with Gasteiger partial charge in [-0.15, -0.1) is 0 Å². The van der Waals surface area contributed by atoms with E-state index in [0.717, 1.165) is 5.75 Å². The Bertz CT molecular complexity index is 1020. The monoisotopic (exact) mass is 388 g/mol. The summed E-state index contributed by atoms with van der Waals surface area (Å²) in [4.78, 5) is 26.9. The predicted octanol–water partition coefficient (Wildman–Crippen LogP) is 3.63. The fraction of sp³-hybridized carbons (Fsp3) is 0.130. The molecular weight excluding hydrogens is 368 g/mol. The number of amides is 2. The van der Waals surface area contributed by atoms with E-state index in [-0.39, 0.29) is 18.4 Å². The predicted molar refractivity (Wildman–Crippen MR) is 110 cm³/mol. The average Bonchev–Trinajstić information content (AvgIpc) is 2.78. The molecule has 146 valence electrons. The molecular formula is C23H20N2O4. The van der Waals surface area contributed by atoms with E-state index in [9.17, 15) is 9.59 Å². The minimum atomic E-state index is -0.764. The van der Waals surface area contributed by atoms with Crippen LogP contribution in [0.25, 0.3) is 0 Å². The van der Waals surface area contributed by atoms with Gasteiger partial charge < -0.3 is 19.7 Å². The number of nitrogens with one attached hydrogen (secondary N) is 1. The van der Waals surface area contributed by atoms with Gasteiger partial charge in [0.2, 0.25) is 0 Å². The molecule has 1 aliphatic rings. The molecule has 0 bridgehead atoms. The second-order valence-electron chi connectivity index (χ2n) is 6.54. The minimum absolute atomic E-state index is 0.137. The normalized spacial score (nSPS) is 15.1. The summed E-state index contributed by atoms with van der Waals surface area (Å²) in [6, 6.07) is 23.6. The highest BCUT2D eigenvalue weighted by Crippen LogP contribution is 2.34. The first-order valence-electron chi connectivity index (χ1n) is 9.28. The van der Waals surface area contributed by atoms with Gasteiger partial charge in [0.1, 0.15) is 17.2 Å². The van der Waals surface area contributed by atoms with Gasteiger partial charge >= 0.3 is 0 Å². The van der Waals surface area contributed by atoms with Crippen molar-refractivity contribution in [3.63, 3.8) is 0 Å². The Morgan fingerprint density at radius 1 is 0.931 bits per heavy atom. The molecule has 1 N–H and O–H groups in total. The number of rotatable bonds is 4. The molecule has 0 unspecified atom stereocenters. The number of anilines is 1. The lowest BCUT2D eigenvalue weighted by atomic mass is 10.1. The molecule has 0 fully saturated rings. The Kier molecular flexibility index (Phi) is 5.16. The van der Waals surface area contributed by atoms with Crippen LogP contribution in [0.3, 0.4) is 0 Å². The van der Waals surface area contributed by atoms with Gasteiger partial charge in [-0.3, -0.25) is 9.59 Å². The standard InChI is InChI=1S/C23H20N2O4/c1-24-22(26)21-15-25(19-9-5-6-10-20(19)29-21)23(27)16-11-13-18(14-12-16)28-17-7-3-2-4-8-17/h2-14,21H,15H2,1H3,(H,24,26)/t21-/m1/s1. The second-order valence-corrected chi connectivity index (χ2v) is 6.54. The van der Waals surface area contributed by atoms with Crippen molar-refractivity contribution in [1.82, 2.24) is 5.32 Å². The van der Waals surface area contributed by atoms with Crippen LogP contribution in [0.2, 0.25) is 0 Å². The third-order valence-electron chi connectivity index (χ3n) is 4.64. The van der Waals surface area contributed by atoms with Gasteiger partial charge in [-0.1, -0.05) is 30.3 Å². The number of carbonyl (C=O) groups excluding carboxylic acids is 2. The summed E-state index contributed by atoms with van der Waals surface area (Å²) in [5, 5.41) is 2.58. The van der Waals surface area contributed by atoms with E-state index in [1.165, 1.54) is 0 Å². The van der Waals surface area contributed by atoms with Crippen molar-refractivity contribution in [1.29, 1.82) is 0 Å². The maximum absolute atomic E-state index is 13.2. The van der Waals surface area contributed by atoms with Crippen LogP contribution in [0.15, 0.2) is 78.9 Å². The van der Waals surface area contributed by atoms with Crippen molar-refractivity contribution in [2.75, 3.05) is 18.5 Å². The number of carbonyl (C=O) groups is 2. The maximum Gasteiger partial charge on any atom is 0.262 e. The van der Waals surface area contributed by atoms with E-state index in [4.69, 9.17) is 9.47 Å². The van der Waals surface area contributed by atoms with Gasteiger partial charge in [0, 0.05) is 12.6 Å². The Morgan fingerprint density at radius 3 is 2.31 bits per heavy atom. The molecule has 29 heavy (non-hydrogen) atoms. The van der Waals surface area contributed by atoms with Gasteiger partial charge in [-0.2, -0.15) is 0 Å². The van der Waals surface area contributed by atoms with E-state index >= 15 is 0 Å². The molecule has 6 nitrogen and oxygen atoms in total. The zero-order chi connectivity index (χ0) is 20.2. The molecule has 0 saturated carbocycles. The van der Waals surface area contributed by atoms with Gasteiger partial charge in [0.15, 0.2) is 6.10 Å². The fourth-order valence-electron chi connectivity index (χ4n) is 3.17. The summed E-state index contributed by atoms with van der Waals surface area (Å²) in [5.74, 6) is 1.38. The third-order valence-corrected chi connectivity index (χ3v) is 4.64. The number of fused-ring (bicyclic) bond motifs is 1. The molecule has 0 saturated heterocycles. The Balaban J connectivity index is 1.57. The lowest BCUT2D eigenvalue weighted by molar-refractivity contribution is -0.127. The first-order chi connectivity index (χ1) is 14.2. The average molecular weight is 388 g/mol. The molecule has 0 radical (unpaired) electrons. The second kappa shape index (κ2) is 8.06. The van der Waals surface area contributed by atoms with Crippen molar-refractivity contribution >= 4 is 17.5 Å². The molecule has 2 amide bonds. The lowest BCUT2D eigenvalue weighted by Gasteiger charge is -2.34. The van der Waals surface area contributed by atoms with Gasteiger partial charge in [0.25, 0.3) is 11.8 Å². The molecule has 0 aliphatic carbocycles. The Labute approximate surface area is 168 Å². The van der Waals surface area contributed by atoms with E-state index in [0.29, 0.717) is 22.7 Å². The van der Waals surface area contributed by atoms with Gasteiger partial charge in [-0.05, 0) is 48.5 Å². The van der Waals surface area contributed by atoms with E-state index in [1.807, 2.05) is 42.5 Å². The molecule has 1 heterocycles. The van der Waals surface area contributed by atoms with Crippen LogP contribution in [0, 0.1) is 0 Å². The van der Waals surface area contributed by atoms with Crippen LogP contribution in [0.1, 0.15) is 10.4 Å².